The van der Waals surface area contributed by atoms with Crippen LogP contribution in [0.15, 0.2) is 12.1 Å². The summed E-state index contributed by atoms with van der Waals surface area (Å²) in [7, 11) is 0. The molecule has 0 atom stereocenters. The number of ketones is 1. The predicted octanol–water partition coefficient (Wildman–Crippen LogP) is 3.78. The van der Waals surface area contributed by atoms with Crippen LogP contribution in [0.2, 0.25) is 0 Å². The van der Waals surface area contributed by atoms with Crippen LogP contribution in [0.3, 0.4) is 0 Å². The fourth-order valence-corrected chi connectivity index (χ4v) is 3.04. The van der Waals surface area contributed by atoms with Gasteiger partial charge in [0.1, 0.15) is 5.78 Å². The highest BCUT2D eigenvalue weighted by Crippen LogP contribution is 2.26. The van der Waals surface area contributed by atoms with Crippen molar-refractivity contribution in [2.75, 3.05) is 0 Å². The third-order valence-electron chi connectivity index (χ3n) is 3.78. The van der Waals surface area contributed by atoms with Gasteiger partial charge in [-0.15, -0.1) is 0 Å². The lowest BCUT2D eigenvalue weighted by Gasteiger charge is -2.20. The molecule has 0 radical (unpaired) electrons. The quantitative estimate of drug-likeness (QED) is 0.808. The van der Waals surface area contributed by atoms with Gasteiger partial charge < -0.3 is 0 Å². The zero-order valence-electron chi connectivity index (χ0n) is 11.5. The minimum absolute atomic E-state index is 0.395. The van der Waals surface area contributed by atoms with Crippen LogP contribution < -0.4 is 0 Å². The van der Waals surface area contributed by atoms with E-state index in [-0.39, 0.29) is 0 Å². The van der Waals surface area contributed by atoms with Crippen molar-refractivity contribution in [3.05, 3.63) is 29.1 Å². The van der Waals surface area contributed by atoms with Gasteiger partial charge in [0.05, 0.1) is 0 Å². The fourth-order valence-electron chi connectivity index (χ4n) is 3.04. The van der Waals surface area contributed by atoms with Gasteiger partial charge in [-0.3, -0.25) is 9.78 Å². The molecule has 1 aliphatic carbocycles. The average Bonchev–Trinajstić information content (AvgIpc) is 2.28. The maximum atomic E-state index is 12.1. The first-order valence-corrected chi connectivity index (χ1v) is 7.09. The van der Waals surface area contributed by atoms with Crippen molar-refractivity contribution in [1.82, 2.24) is 4.98 Å². The number of Topliss-reactive ketones (excluding diaryl/α,β-unsaturated/α-hetero) is 1. The smallest absolute Gasteiger partial charge is 0.137 e. The van der Waals surface area contributed by atoms with E-state index in [1.807, 2.05) is 26.0 Å². The Labute approximate surface area is 110 Å². The molecule has 1 aromatic rings. The summed E-state index contributed by atoms with van der Waals surface area (Å²) in [6.45, 7) is 3.98. The molecule has 1 saturated carbocycles. The SMILES string of the molecule is Cc1cc(CC(=O)CC2CCCCC2)cc(C)n1. The van der Waals surface area contributed by atoms with E-state index in [0.717, 1.165) is 23.4 Å². The van der Waals surface area contributed by atoms with Gasteiger partial charge in [0.2, 0.25) is 0 Å². The van der Waals surface area contributed by atoms with E-state index in [9.17, 15) is 4.79 Å². The first-order chi connectivity index (χ1) is 8.63. The molecule has 1 aromatic heterocycles. The molecule has 98 valence electrons. The molecule has 18 heavy (non-hydrogen) atoms. The van der Waals surface area contributed by atoms with E-state index < -0.39 is 0 Å². The topological polar surface area (TPSA) is 30.0 Å². The van der Waals surface area contributed by atoms with Crippen LogP contribution in [0.1, 0.15) is 55.5 Å². The fraction of sp³-hybridized carbons (Fsp3) is 0.625. The Morgan fingerprint density at radius 2 is 1.78 bits per heavy atom. The molecule has 0 saturated heterocycles. The largest absolute Gasteiger partial charge is 0.299 e. The maximum Gasteiger partial charge on any atom is 0.137 e. The van der Waals surface area contributed by atoms with Gasteiger partial charge in [-0.1, -0.05) is 32.1 Å². The molecule has 0 bridgehead atoms. The third-order valence-corrected chi connectivity index (χ3v) is 3.78. The highest BCUT2D eigenvalue weighted by Gasteiger charge is 2.17. The molecule has 2 heteroatoms. The van der Waals surface area contributed by atoms with Crippen LogP contribution in [0.25, 0.3) is 0 Å². The lowest BCUT2D eigenvalue weighted by molar-refractivity contribution is -0.119. The molecule has 2 rings (SSSR count). The second kappa shape index (κ2) is 6.12. The molecular formula is C16H23NO. The van der Waals surface area contributed by atoms with Crippen LogP contribution in [0.5, 0.6) is 0 Å². The maximum absolute atomic E-state index is 12.1. The standard InChI is InChI=1S/C16H23NO/c1-12-8-15(9-13(2)17-12)11-16(18)10-14-6-4-3-5-7-14/h8-9,14H,3-7,10-11H2,1-2H3. The van der Waals surface area contributed by atoms with Crippen LogP contribution in [-0.4, -0.2) is 10.8 Å². The van der Waals surface area contributed by atoms with Gasteiger partial charge in [-0.2, -0.15) is 0 Å². The minimum atomic E-state index is 0.395. The number of nitrogens with zero attached hydrogens (tertiary/aromatic N) is 1. The lowest BCUT2D eigenvalue weighted by Crippen LogP contribution is -2.13. The summed E-state index contributed by atoms with van der Waals surface area (Å²) in [6.07, 6.45) is 7.84. The van der Waals surface area contributed by atoms with Crippen molar-refractivity contribution >= 4 is 5.78 Å². The number of aromatic nitrogens is 1. The molecular weight excluding hydrogens is 222 g/mol. The first kappa shape index (κ1) is 13.3. The van der Waals surface area contributed by atoms with Crippen molar-refractivity contribution in [3.8, 4) is 0 Å². The summed E-state index contributed by atoms with van der Waals surface area (Å²) in [5, 5.41) is 0. The van der Waals surface area contributed by atoms with E-state index in [4.69, 9.17) is 0 Å². The Morgan fingerprint density at radius 3 is 2.39 bits per heavy atom. The number of rotatable bonds is 4. The van der Waals surface area contributed by atoms with Crippen LogP contribution in [0.4, 0.5) is 0 Å². The molecule has 2 nitrogen and oxygen atoms in total. The molecule has 1 fully saturated rings. The average molecular weight is 245 g/mol. The third kappa shape index (κ3) is 3.94. The molecule has 0 spiro atoms. The number of carbonyl (C=O) groups excluding carboxylic acids is 1. The zero-order chi connectivity index (χ0) is 13.0. The zero-order valence-corrected chi connectivity index (χ0v) is 11.5. The summed E-state index contributed by atoms with van der Waals surface area (Å²) in [5.74, 6) is 1.04. The van der Waals surface area contributed by atoms with Gasteiger partial charge >= 0.3 is 0 Å². The predicted molar refractivity (Wildman–Crippen MR) is 73.6 cm³/mol. The van der Waals surface area contributed by atoms with E-state index in [1.165, 1.54) is 32.1 Å². The van der Waals surface area contributed by atoms with Gasteiger partial charge in [0.25, 0.3) is 0 Å². The monoisotopic (exact) mass is 245 g/mol. The lowest BCUT2D eigenvalue weighted by atomic mass is 9.85. The minimum Gasteiger partial charge on any atom is -0.299 e. The summed E-state index contributed by atoms with van der Waals surface area (Å²) < 4.78 is 0. The number of hydrogen-bond donors (Lipinski definition) is 0. The van der Waals surface area contributed by atoms with Crippen molar-refractivity contribution in [1.29, 1.82) is 0 Å². The number of pyridine rings is 1. The van der Waals surface area contributed by atoms with E-state index in [1.54, 1.807) is 0 Å². The Morgan fingerprint density at radius 1 is 1.17 bits per heavy atom. The molecule has 0 amide bonds. The van der Waals surface area contributed by atoms with Gasteiger partial charge in [0, 0.05) is 24.2 Å². The van der Waals surface area contributed by atoms with Gasteiger partial charge in [-0.05, 0) is 37.5 Å². The van der Waals surface area contributed by atoms with E-state index >= 15 is 0 Å². The molecule has 1 aliphatic rings. The molecule has 0 aromatic carbocycles. The van der Waals surface area contributed by atoms with Gasteiger partial charge in [-0.25, -0.2) is 0 Å². The second-order valence-electron chi connectivity index (χ2n) is 5.68. The summed E-state index contributed by atoms with van der Waals surface area (Å²) >= 11 is 0. The second-order valence-corrected chi connectivity index (χ2v) is 5.68. The van der Waals surface area contributed by atoms with E-state index in [0.29, 0.717) is 18.1 Å². The number of aryl methyl sites for hydroxylation is 2. The van der Waals surface area contributed by atoms with Crippen molar-refractivity contribution in [2.24, 2.45) is 5.92 Å². The van der Waals surface area contributed by atoms with E-state index in [2.05, 4.69) is 4.98 Å². The number of carbonyl (C=O) groups is 1. The molecule has 1 heterocycles. The molecule has 0 unspecified atom stereocenters. The molecule has 0 aliphatic heterocycles. The Hall–Kier alpha value is -1.18. The van der Waals surface area contributed by atoms with Gasteiger partial charge in [0.15, 0.2) is 0 Å². The summed E-state index contributed by atoms with van der Waals surface area (Å²) in [4.78, 5) is 16.4. The van der Waals surface area contributed by atoms with Crippen LogP contribution in [0, 0.1) is 19.8 Å². The van der Waals surface area contributed by atoms with Crippen molar-refractivity contribution in [3.63, 3.8) is 0 Å². The van der Waals surface area contributed by atoms with Crippen molar-refractivity contribution in [2.45, 2.75) is 58.8 Å². The molecule has 0 N–H and O–H groups in total. The Bertz CT molecular complexity index is 399. The first-order valence-electron chi connectivity index (χ1n) is 7.09. The normalized spacial score (nSPS) is 16.8. The highest BCUT2D eigenvalue weighted by molar-refractivity contribution is 5.81. The summed E-state index contributed by atoms with van der Waals surface area (Å²) in [5.41, 5.74) is 3.15. The Balaban J connectivity index is 1.89. The Kier molecular flexibility index (Phi) is 4.51. The highest BCUT2D eigenvalue weighted by atomic mass is 16.1. The van der Waals surface area contributed by atoms with Crippen molar-refractivity contribution < 1.29 is 4.79 Å². The van der Waals surface area contributed by atoms with Crippen LogP contribution in [-0.2, 0) is 11.2 Å². The van der Waals surface area contributed by atoms with Crippen LogP contribution >= 0.6 is 0 Å². The summed E-state index contributed by atoms with van der Waals surface area (Å²) in [6, 6.07) is 4.07. The number of hydrogen-bond acceptors (Lipinski definition) is 2.